The van der Waals surface area contributed by atoms with Gasteiger partial charge in [0.25, 0.3) is 0 Å². The minimum atomic E-state index is 0.644. The molecule has 2 unspecified atom stereocenters. The Balaban J connectivity index is 2.46. The van der Waals surface area contributed by atoms with Crippen molar-refractivity contribution in [1.29, 1.82) is 0 Å². The van der Waals surface area contributed by atoms with Crippen molar-refractivity contribution in [2.24, 2.45) is 11.8 Å². The lowest BCUT2D eigenvalue weighted by Crippen LogP contribution is -2.35. The zero-order chi connectivity index (χ0) is 7.72. The zero-order valence-electron chi connectivity index (χ0n) is 7.04. The normalized spacial score (nSPS) is 35.7. The van der Waals surface area contributed by atoms with E-state index in [4.69, 9.17) is 5.84 Å². The van der Waals surface area contributed by atoms with Gasteiger partial charge in [-0.25, -0.2) is 5.01 Å². The summed E-state index contributed by atoms with van der Waals surface area (Å²) in [5.41, 5.74) is 0. The lowest BCUT2D eigenvalue weighted by Gasteiger charge is -2.21. The molecule has 0 aromatic carbocycles. The third-order valence-corrected chi connectivity index (χ3v) is 2.26. The third kappa shape index (κ3) is 1.48. The maximum atomic E-state index is 5.66. The first-order valence-electron chi connectivity index (χ1n) is 3.77. The molecule has 3 nitrogen and oxygen atoms in total. The fourth-order valence-corrected chi connectivity index (χ4v) is 1.66. The standard InChI is InChI=1S/C7H17N3/c1-6-4-10(8)5-7(6)9(2)3/h6-7H,4-5,8H2,1-3H3. The number of likely N-dealkylation sites (N-methyl/N-ethyl adjacent to an activating group) is 1. The van der Waals surface area contributed by atoms with Crippen molar-refractivity contribution in [3.63, 3.8) is 0 Å². The fourth-order valence-electron chi connectivity index (χ4n) is 1.66. The zero-order valence-corrected chi connectivity index (χ0v) is 7.04. The lowest BCUT2D eigenvalue weighted by atomic mass is 10.1. The van der Waals surface area contributed by atoms with E-state index in [1.165, 1.54) is 0 Å². The molecule has 0 aromatic heterocycles. The minimum Gasteiger partial charge on any atom is -0.305 e. The number of nitrogens with two attached hydrogens (primary N) is 1. The van der Waals surface area contributed by atoms with Crippen molar-refractivity contribution in [3.05, 3.63) is 0 Å². The Morgan fingerprint density at radius 2 is 2.00 bits per heavy atom. The van der Waals surface area contributed by atoms with Crippen LogP contribution in [-0.4, -0.2) is 43.1 Å². The van der Waals surface area contributed by atoms with Gasteiger partial charge in [-0.2, -0.15) is 0 Å². The second-order valence-corrected chi connectivity index (χ2v) is 3.46. The highest BCUT2D eigenvalue weighted by Crippen LogP contribution is 2.16. The topological polar surface area (TPSA) is 32.5 Å². The molecule has 0 bridgehead atoms. The Morgan fingerprint density at radius 1 is 1.40 bits per heavy atom. The van der Waals surface area contributed by atoms with E-state index in [9.17, 15) is 0 Å². The van der Waals surface area contributed by atoms with Crippen LogP contribution < -0.4 is 5.84 Å². The van der Waals surface area contributed by atoms with Gasteiger partial charge in [0.1, 0.15) is 0 Å². The van der Waals surface area contributed by atoms with E-state index in [1.807, 2.05) is 5.01 Å². The summed E-state index contributed by atoms with van der Waals surface area (Å²) in [4.78, 5) is 2.25. The molecule has 0 saturated carbocycles. The van der Waals surface area contributed by atoms with Crippen LogP contribution in [0.5, 0.6) is 0 Å². The molecular weight excluding hydrogens is 126 g/mol. The predicted octanol–water partition coefficient (Wildman–Crippen LogP) is -0.258. The molecule has 1 saturated heterocycles. The van der Waals surface area contributed by atoms with E-state index < -0.39 is 0 Å². The van der Waals surface area contributed by atoms with E-state index in [0.29, 0.717) is 12.0 Å². The first-order valence-corrected chi connectivity index (χ1v) is 3.77. The molecule has 2 N–H and O–H groups in total. The van der Waals surface area contributed by atoms with Gasteiger partial charge in [-0.05, 0) is 20.0 Å². The van der Waals surface area contributed by atoms with Crippen LogP contribution in [0.3, 0.4) is 0 Å². The van der Waals surface area contributed by atoms with Crippen LogP contribution in [-0.2, 0) is 0 Å². The van der Waals surface area contributed by atoms with Gasteiger partial charge in [-0.15, -0.1) is 0 Å². The minimum absolute atomic E-state index is 0.644. The summed E-state index contributed by atoms with van der Waals surface area (Å²) >= 11 is 0. The Morgan fingerprint density at radius 3 is 2.20 bits per heavy atom. The highest BCUT2D eigenvalue weighted by atomic mass is 15.4. The molecule has 10 heavy (non-hydrogen) atoms. The smallest absolute Gasteiger partial charge is 0.0287 e. The monoisotopic (exact) mass is 143 g/mol. The second-order valence-electron chi connectivity index (χ2n) is 3.46. The molecule has 0 radical (unpaired) electrons. The SMILES string of the molecule is CC1CN(N)CC1N(C)C. The Labute approximate surface area is 62.8 Å². The molecule has 60 valence electrons. The predicted molar refractivity (Wildman–Crippen MR) is 42.4 cm³/mol. The van der Waals surface area contributed by atoms with E-state index in [-0.39, 0.29) is 0 Å². The molecule has 1 fully saturated rings. The average molecular weight is 143 g/mol. The van der Waals surface area contributed by atoms with Gasteiger partial charge in [-0.3, -0.25) is 5.84 Å². The van der Waals surface area contributed by atoms with Gasteiger partial charge < -0.3 is 4.90 Å². The molecule has 0 spiro atoms. The van der Waals surface area contributed by atoms with Crippen LogP contribution in [0.2, 0.25) is 0 Å². The van der Waals surface area contributed by atoms with Gasteiger partial charge in [0.15, 0.2) is 0 Å². The fraction of sp³-hybridized carbons (Fsp3) is 1.00. The van der Waals surface area contributed by atoms with Gasteiger partial charge in [0.05, 0.1) is 0 Å². The van der Waals surface area contributed by atoms with Crippen molar-refractivity contribution in [3.8, 4) is 0 Å². The summed E-state index contributed by atoms with van der Waals surface area (Å²) in [6.45, 7) is 4.29. The van der Waals surface area contributed by atoms with Crippen molar-refractivity contribution in [2.45, 2.75) is 13.0 Å². The van der Waals surface area contributed by atoms with Crippen LogP contribution in [0.1, 0.15) is 6.92 Å². The Bertz CT molecular complexity index is 113. The first kappa shape index (κ1) is 7.98. The third-order valence-electron chi connectivity index (χ3n) is 2.26. The largest absolute Gasteiger partial charge is 0.305 e. The number of rotatable bonds is 1. The summed E-state index contributed by atoms with van der Waals surface area (Å²) in [5.74, 6) is 6.37. The first-order chi connectivity index (χ1) is 4.61. The van der Waals surface area contributed by atoms with Crippen LogP contribution in [0.4, 0.5) is 0 Å². The summed E-state index contributed by atoms with van der Waals surface area (Å²) in [6, 6.07) is 0.644. The Hall–Kier alpha value is -0.120. The molecule has 0 amide bonds. The molecule has 0 aromatic rings. The molecule has 1 aliphatic rings. The summed E-state index contributed by atoms with van der Waals surface area (Å²) in [7, 11) is 4.22. The van der Waals surface area contributed by atoms with Gasteiger partial charge >= 0.3 is 0 Å². The van der Waals surface area contributed by atoms with E-state index in [0.717, 1.165) is 13.1 Å². The molecular formula is C7H17N3. The lowest BCUT2D eigenvalue weighted by molar-refractivity contribution is 0.253. The summed E-state index contributed by atoms with van der Waals surface area (Å²) in [6.07, 6.45) is 0. The molecule has 3 heteroatoms. The average Bonchev–Trinajstić information content (AvgIpc) is 2.10. The van der Waals surface area contributed by atoms with Gasteiger partial charge in [-0.1, -0.05) is 6.92 Å². The van der Waals surface area contributed by atoms with Crippen molar-refractivity contribution in [2.75, 3.05) is 27.2 Å². The maximum Gasteiger partial charge on any atom is 0.0287 e. The van der Waals surface area contributed by atoms with Crippen molar-refractivity contribution >= 4 is 0 Å². The van der Waals surface area contributed by atoms with E-state index in [1.54, 1.807) is 0 Å². The number of hydrogen-bond donors (Lipinski definition) is 1. The van der Waals surface area contributed by atoms with Crippen LogP contribution in [0.15, 0.2) is 0 Å². The summed E-state index contributed by atoms with van der Waals surface area (Å²) < 4.78 is 0. The molecule has 1 heterocycles. The van der Waals surface area contributed by atoms with Crippen LogP contribution in [0.25, 0.3) is 0 Å². The van der Waals surface area contributed by atoms with E-state index >= 15 is 0 Å². The van der Waals surface area contributed by atoms with Gasteiger partial charge in [0, 0.05) is 19.1 Å². The quantitative estimate of drug-likeness (QED) is 0.513. The number of nitrogens with zero attached hydrogens (tertiary/aromatic N) is 2. The van der Waals surface area contributed by atoms with Crippen LogP contribution >= 0.6 is 0 Å². The molecule has 2 atom stereocenters. The highest BCUT2D eigenvalue weighted by Gasteiger charge is 2.28. The number of hydrogen-bond acceptors (Lipinski definition) is 3. The Kier molecular flexibility index (Phi) is 2.28. The van der Waals surface area contributed by atoms with Gasteiger partial charge in [0.2, 0.25) is 0 Å². The van der Waals surface area contributed by atoms with Crippen molar-refractivity contribution < 1.29 is 0 Å². The molecule has 1 rings (SSSR count). The van der Waals surface area contributed by atoms with Crippen LogP contribution in [0, 0.1) is 5.92 Å². The van der Waals surface area contributed by atoms with E-state index in [2.05, 4.69) is 25.9 Å². The summed E-state index contributed by atoms with van der Waals surface area (Å²) in [5, 5.41) is 1.90. The maximum absolute atomic E-state index is 5.66. The second kappa shape index (κ2) is 2.86. The van der Waals surface area contributed by atoms with Crippen molar-refractivity contribution in [1.82, 2.24) is 9.91 Å². The highest BCUT2D eigenvalue weighted by molar-refractivity contribution is 4.83. The number of hydrazine groups is 1. The molecule has 1 aliphatic heterocycles. The molecule has 0 aliphatic carbocycles.